The molecule has 1 aromatic rings. The Balaban J connectivity index is 1.62. The zero-order valence-electron chi connectivity index (χ0n) is 14.7. The number of halogens is 1. The Hall–Kier alpha value is -1.06. The molecule has 1 amide bonds. The van der Waals surface area contributed by atoms with Crippen molar-refractivity contribution in [3.05, 3.63) is 34.9 Å². The summed E-state index contributed by atoms with van der Waals surface area (Å²) in [4.78, 5) is 12.8. The van der Waals surface area contributed by atoms with Crippen LogP contribution in [0.15, 0.2) is 24.3 Å². The van der Waals surface area contributed by atoms with E-state index in [9.17, 15) is 4.79 Å². The third kappa shape index (κ3) is 3.94. The fraction of sp³-hybridized carbons (Fsp3) is 0.650. The number of nitrogens with two attached hydrogens (primary N) is 1. The van der Waals surface area contributed by atoms with Crippen LogP contribution in [0.25, 0.3) is 0 Å². The summed E-state index contributed by atoms with van der Waals surface area (Å²) in [7, 11) is 0. The zero-order valence-corrected chi connectivity index (χ0v) is 15.5. The second-order valence-electron chi connectivity index (χ2n) is 8.34. The van der Waals surface area contributed by atoms with Gasteiger partial charge in [0.2, 0.25) is 5.91 Å². The van der Waals surface area contributed by atoms with Crippen LogP contribution in [-0.4, -0.2) is 17.5 Å². The van der Waals surface area contributed by atoms with Crippen molar-refractivity contribution in [2.24, 2.45) is 23.5 Å². The van der Waals surface area contributed by atoms with Gasteiger partial charge in [-0.2, -0.15) is 0 Å². The molecule has 3 nitrogen and oxygen atoms in total. The molecular weight excluding hydrogens is 320 g/mol. The van der Waals surface area contributed by atoms with Crippen LogP contribution >= 0.6 is 11.6 Å². The highest BCUT2D eigenvalue weighted by molar-refractivity contribution is 6.31. The van der Waals surface area contributed by atoms with E-state index in [2.05, 4.69) is 19.2 Å². The molecule has 0 spiro atoms. The summed E-state index contributed by atoms with van der Waals surface area (Å²) >= 11 is 6.27. The predicted octanol–water partition coefficient (Wildman–Crippen LogP) is 3.93. The molecule has 2 fully saturated rings. The van der Waals surface area contributed by atoms with E-state index in [-0.39, 0.29) is 17.4 Å². The summed E-state index contributed by atoms with van der Waals surface area (Å²) in [5.41, 5.74) is 7.11. The fourth-order valence-corrected chi connectivity index (χ4v) is 4.80. The predicted molar refractivity (Wildman–Crippen MR) is 98.9 cm³/mol. The second kappa shape index (κ2) is 7.05. The Kier molecular flexibility index (Phi) is 5.22. The lowest BCUT2D eigenvalue weighted by Crippen LogP contribution is -2.52. The third-order valence-corrected chi connectivity index (χ3v) is 6.20. The molecule has 2 aliphatic carbocycles. The molecule has 0 saturated heterocycles. The van der Waals surface area contributed by atoms with E-state index in [4.69, 9.17) is 17.3 Å². The number of carbonyl (C=O) groups excluding carboxylic acids is 1. The minimum atomic E-state index is -0.309. The van der Waals surface area contributed by atoms with Gasteiger partial charge in [0.1, 0.15) is 0 Å². The van der Waals surface area contributed by atoms with E-state index in [0.29, 0.717) is 17.9 Å². The van der Waals surface area contributed by atoms with Crippen molar-refractivity contribution in [1.82, 2.24) is 5.32 Å². The van der Waals surface area contributed by atoms with Crippen molar-refractivity contribution in [2.45, 2.75) is 64.0 Å². The summed E-state index contributed by atoms with van der Waals surface area (Å²) in [5.74, 6) is 1.36. The maximum absolute atomic E-state index is 12.8. The molecule has 2 aliphatic rings. The average Bonchev–Trinajstić information content (AvgIpc) is 2.48. The first-order valence-corrected chi connectivity index (χ1v) is 9.54. The minimum absolute atomic E-state index is 0.116. The van der Waals surface area contributed by atoms with Gasteiger partial charge in [0, 0.05) is 22.5 Å². The van der Waals surface area contributed by atoms with Gasteiger partial charge in [-0.15, -0.1) is 0 Å². The summed E-state index contributed by atoms with van der Waals surface area (Å²) in [5, 5.41) is 4.03. The SMILES string of the molecule is CC(C)(Cc1ccccc1Cl)NC(=O)C1CC2CCCC(C1)C2N. The Bertz CT molecular complexity index is 587. The third-order valence-electron chi connectivity index (χ3n) is 5.84. The molecule has 3 rings (SSSR count). The van der Waals surface area contributed by atoms with Crippen LogP contribution in [0.3, 0.4) is 0 Å². The first-order valence-electron chi connectivity index (χ1n) is 9.17. The van der Waals surface area contributed by atoms with Crippen LogP contribution < -0.4 is 11.1 Å². The molecule has 2 atom stereocenters. The van der Waals surface area contributed by atoms with Gasteiger partial charge in [0.15, 0.2) is 0 Å². The molecule has 1 aromatic carbocycles. The molecule has 3 N–H and O–H groups in total. The lowest BCUT2D eigenvalue weighted by atomic mass is 9.65. The highest BCUT2D eigenvalue weighted by Crippen LogP contribution is 2.42. The molecule has 132 valence electrons. The van der Waals surface area contributed by atoms with Gasteiger partial charge in [0.25, 0.3) is 0 Å². The van der Waals surface area contributed by atoms with Gasteiger partial charge >= 0.3 is 0 Å². The van der Waals surface area contributed by atoms with E-state index < -0.39 is 0 Å². The smallest absolute Gasteiger partial charge is 0.223 e. The summed E-state index contributed by atoms with van der Waals surface area (Å²) in [6, 6.07) is 8.15. The van der Waals surface area contributed by atoms with E-state index in [1.807, 2.05) is 24.3 Å². The maximum Gasteiger partial charge on any atom is 0.223 e. The first kappa shape index (κ1) is 17.8. The van der Waals surface area contributed by atoms with Crippen LogP contribution in [0.2, 0.25) is 5.02 Å². The van der Waals surface area contributed by atoms with Crippen LogP contribution in [0.5, 0.6) is 0 Å². The molecule has 0 aliphatic heterocycles. The summed E-state index contributed by atoms with van der Waals surface area (Å²) in [6.45, 7) is 4.15. The van der Waals surface area contributed by atoms with Crippen molar-refractivity contribution in [2.75, 3.05) is 0 Å². The molecule has 2 unspecified atom stereocenters. The summed E-state index contributed by atoms with van der Waals surface area (Å²) in [6.07, 6.45) is 6.28. The van der Waals surface area contributed by atoms with Crippen molar-refractivity contribution in [3.63, 3.8) is 0 Å². The van der Waals surface area contributed by atoms with Crippen LogP contribution in [0.4, 0.5) is 0 Å². The van der Waals surface area contributed by atoms with Gasteiger partial charge < -0.3 is 11.1 Å². The van der Waals surface area contributed by atoms with E-state index in [1.54, 1.807) is 0 Å². The van der Waals surface area contributed by atoms with Crippen molar-refractivity contribution in [3.8, 4) is 0 Å². The van der Waals surface area contributed by atoms with Gasteiger partial charge in [0.05, 0.1) is 0 Å². The highest BCUT2D eigenvalue weighted by Gasteiger charge is 2.41. The van der Waals surface area contributed by atoms with Crippen LogP contribution in [-0.2, 0) is 11.2 Å². The number of carbonyl (C=O) groups is 1. The molecule has 24 heavy (non-hydrogen) atoms. The largest absolute Gasteiger partial charge is 0.351 e. The molecule has 0 aromatic heterocycles. The van der Waals surface area contributed by atoms with Gasteiger partial charge in [-0.1, -0.05) is 36.2 Å². The van der Waals surface area contributed by atoms with Crippen LogP contribution in [0.1, 0.15) is 51.5 Å². The van der Waals surface area contributed by atoms with Gasteiger partial charge in [-0.05, 0) is 69.4 Å². The molecule has 0 heterocycles. The number of amides is 1. The number of nitrogens with one attached hydrogen (secondary N) is 1. The second-order valence-corrected chi connectivity index (χ2v) is 8.75. The minimum Gasteiger partial charge on any atom is -0.351 e. The Morgan fingerprint density at radius 2 is 1.88 bits per heavy atom. The van der Waals surface area contributed by atoms with E-state index in [1.165, 1.54) is 19.3 Å². The quantitative estimate of drug-likeness (QED) is 0.866. The Labute approximate surface area is 150 Å². The normalized spacial score (nSPS) is 30.0. The zero-order chi connectivity index (χ0) is 17.3. The Morgan fingerprint density at radius 3 is 2.50 bits per heavy atom. The highest BCUT2D eigenvalue weighted by atomic mass is 35.5. The van der Waals surface area contributed by atoms with Gasteiger partial charge in [-0.3, -0.25) is 4.79 Å². The van der Waals surface area contributed by atoms with Crippen molar-refractivity contribution in [1.29, 1.82) is 0 Å². The van der Waals surface area contributed by atoms with Crippen molar-refractivity contribution < 1.29 is 4.79 Å². The van der Waals surface area contributed by atoms with E-state index in [0.717, 1.165) is 29.8 Å². The number of fused-ring (bicyclic) bond motifs is 2. The first-order chi connectivity index (χ1) is 11.4. The molecule has 0 radical (unpaired) electrons. The number of hydrogen-bond acceptors (Lipinski definition) is 2. The lowest BCUT2D eigenvalue weighted by molar-refractivity contribution is -0.129. The topological polar surface area (TPSA) is 55.1 Å². The molecule has 2 saturated carbocycles. The Morgan fingerprint density at radius 1 is 1.25 bits per heavy atom. The standard InChI is InChI=1S/C20H29ClN2O/c1-20(2,12-15-6-3-4-9-17(15)21)23-19(24)16-10-13-7-5-8-14(11-16)18(13)22/h3-4,6,9,13-14,16,18H,5,7-8,10-12,22H2,1-2H3,(H,23,24). The number of benzene rings is 1. The van der Waals surface area contributed by atoms with Crippen LogP contribution in [0, 0.1) is 17.8 Å². The molecular formula is C20H29ClN2O. The van der Waals surface area contributed by atoms with E-state index >= 15 is 0 Å². The lowest BCUT2D eigenvalue weighted by Gasteiger charge is -2.44. The van der Waals surface area contributed by atoms with Gasteiger partial charge in [-0.25, -0.2) is 0 Å². The summed E-state index contributed by atoms with van der Waals surface area (Å²) < 4.78 is 0. The average molecular weight is 349 g/mol. The van der Waals surface area contributed by atoms with Crippen molar-refractivity contribution >= 4 is 17.5 Å². The molecule has 2 bridgehead atoms. The molecule has 4 heteroatoms. The maximum atomic E-state index is 12.8. The monoisotopic (exact) mass is 348 g/mol. The number of hydrogen-bond donors (Lipinski definition) is 2. The fourth-order valence-electron chi connectivity index (χ4n) is 4.60. The number of rotatable bonds is 4.